The summed E-state index contributed by atoms with van der Waals surface area (Å²) in [6, 6.07) is 8.24. The number of pyridine rings is 1. The summed E-state index contributed by atoms with van der Waals surface area (Å²) in [6.45, 7) is 4.90. The summed E-state index contributed by atoms with van der Waals surface area (Å²) in [5, 5.41) is 19.8. The van der Waals surface area contributed by atoms with E-state index in [0.29, 0.717) is 43.4 Å². The van der Waals surface area contributed by atoms with Gasteiger partial charge in [0.25, 0.3) is 0 Å². The van der Waals surface area contributed by atoms with Gasteiger partial charge in [-0.1, -0.05) is 17.7 Å². The van der Waals surface area contributed by atoms with Crippen LogP contribution in [0.25, 0.3) is 0 Å². The number of hydrogen-bond donors (Lipinski definition) is 1. The zero-order valence-electron chi connectivity index (χ0n) is 21.1. The van der Waals surface area contributed by atoms with Gasteiger partial charge in [0, 0.05) is 48.6 Å². The average molecular weight is 552 g/mol. The molecule has 12 heteroatoms. The Bertz CT molecular complexity index is 1220. The van der Waals surface area contributed by atoms with Crippen molar-refractivity contribution in [1.29, 1.82) is 5.26 Å². The van der Waals surface area contributed by atoms with Crippen LogP contribution in [-0.2, 0) is 15.7 Å². The summed E-state index contributed by atoms with van der Waals surface area (Å²) in [6.07, 6.45) is -4.86. The normalized spacial score (nSPS) is 22.4. The van der Waals surface area contributed by atoms with Crippen LogP contribution in [0.4, 0.5) is 24.7 Å². The third-order valence-corrected chi connectivity index (χ3v) is 7.21. The van der Waals surface area contributed by atoms with Gasteiger partial charge in [-0.3, -0.25) is 9.69 Å². The maximum absolute atomic E-state index is 14.0. The first-order valence-corrected chi connectivity index (χ1v) is 12.7. The quantitative estimate of drug-likeness (QED) is 0.586. The van der Waals surface area contributed by atoms with Crippen LogP contribution in [0.5, 0.6) is 0 Å². The van der Waals surface area contributed by atoms with Crippen LogP contribution in [0.3, 0.4) is 0 Å². The van der Waals surface area contributed by atoms with E-state index in [4.69, 9.17) is 16.3 Å². The van der Waals surface area contributed by atoms with E-state index in [9.17, 15) is 28.3 Å². The SMILES string of the molecule is CCN(C(=O)[C@@H]1C[C@H](N2CCOC(CO)C2)CN1c1nc(C)cc(C(F)(F)F)c1C#N)c1cccc(Cl)c1. The van der Waals surface area contributed by atoms with Crippen LogP contribution in [0.15, 0.2) is 30.3 Å². The minimum Gasteiger partial charge on any atom is -0.394 e. The fourth-order valence-corrected chi connectivity index (χ4v) is 5.40. The molecule has 1 aromatic carbocycles. The highest BCUT2D eigenvalue weighted by atomic mass is 35.5. The fourth-order valence-electron chi connectivity index (χ4n) is 5.22. The molecule has 0 spiro atoms. The predicted molar refractivity (Wildman–Crippen MR) is 136 cm³/mol. The Kier molecular flexibility index (Phi) is 8.47. The Morgan fingerprint density at radius 1 is 1.34 bits per heavy atom. The van der Waals surface area contributed by atoms with E-state index in [1.54, 1.807) is 37.3 Å². The molecular formula is C26H29ClF3N5O3. The number of nitriles is 1. The maximum Gasteiger partial charge on any atom is 0.417 e. The molecule has 1 unspecified atom stereocenters. The van der Waals surface area contributed by atoms with Gasteiger partial charge in [-0.15, -0.1) is 0 Å². The topological polar surface area (TPSA) is 92.9 Å². The Labute approximate surface area is 224 Å². The molecule has 0 bridgehead atoms. The Morgan fingerprint density at radius 3 is 2.74 bits per heavy atom. The highest BCUT2D eigenvalue weighted by Crippen LogP contribution is 2.39. The number of aromatic nitrogens is 1. The van der Waals surface area contributed by atoms with Gasteiger partial charge in [-0.05, 0) is 44.5 Å². The highest BCUT2D eigenvalue weighted by molar-refractivity contribution is 6.31. The predicted octanol–water partition coefficient (Wildman–Crippen LogP) is 3.63. The van der Waals surface area contributed by atoms with E-state index < -0.39 is 29.4 Å². The van der Waals surface area contributed by atoms with Crippen LogP contribution < -0.4 is 9.80 Å². The van der Waals surface area contributed by atoms with Crippen molar-refractivity contribution in [2.24, 2.45) is 0 Å². The molecule has 0 aliphatic carbocycles. The molecule has 2 fully saturated rings. The number of aryl methyl sites for hydroxylation is 1. The number of carbonyl (C=O) groups excluding carboxylic acids is 1. The molecule has 1 amide bonds. The molecule has 0 saturated carbocycles. The number of rotatable bonds is 6. The molecule has 2 aliphatic heterocycles. The summed E-state index contributed by atoms with van der Waals surface area (Å²) >= 11 is 6.16. The van der Waals surface area contributed by atoms with E-state index in [0.717, 1.165) is 6.07 Å². The standard InChI is InChI=1S/C26H29ClF3N5O3/c1-3-34(18-6-4-5-17(27)10-18)25(37)23-11-19(33-7-8-38-20(14-33)15-36)13-35(23)24-21(12-31)22(26(28,29)30)9-16(2)32-24/h4-6,9-10,19-20,23,36H,3,7-8,11,13-15H2,1-2H3/t19-,20?,23-/m0/s1. The molecule has 2 saturated heterocycles. The van der Waals surface area contributed by atoms with Crippen molar-refractivity contribution < 1.29 is 27.8 Å². The zero-order valence-corrected chi connectivity index (χ0v) is 21.8. The van der Waals surface area contributed by atoms with Crippen molar-refractivity contribution in [2.75, 3.05) is 49.2 Å². The van der Waals surface area contributed by atoms with E-state index in [-0.39, 0.29) is 36.6 Å². The zero-order chi connectivity index (χ0) is 27.6. The van der Waals surface area contributed by atoms with Crippen molar-refractivity contribution in [3.63, 3.8) is 0 Å². The summed E-state index contributed by atoms with van der Waals surface area (Å²) in [5.41, 5.74) is -1.03. The first kappa shape index (κ1) is 28.1. The highest BCUT2D eigenvalue weighted by Gasteiger charge is 2.45. The number of nitrogens with zero attached hydrogens (tertiary/aromatic N) is 5. The third kappa shape index (κ3) is 5.73. The molecule has 2 aromatic rings. The van der Waals surface area contributed by atoms with E-state index >= 15 is 0 Å². The maximum atomic E-state index is 14.0. The number of aliphatic hydroxyl groups is 1. The number of hydrogen-bond acceptors (Lipinski definition) is 7. The van der Waals surface area contributed by atoms with Gasteiger partial charge < -0.3 is 19.6 Å². The number of morpholine rings is 1. The first-order chi connectivity index (χ1) is 18.1. The lowest BCUT2D eigenvalue weighted by atomic mass is 10.1. The van der Waals surface area contributed by atoms with Crippen molar-refractivity contribution in [3.05, 3.63) is 52.2 Å². The van der Waals surface area contributed by atoms with Crippen molar-refractivity contribution in [1.82, 2.24) is 9.88 Å². The number of aliphatic hydroxyl groups excluding tert-OH is 1. The number of ether oxygens (including phenoxy) is 1. The largest absolute Gasteiger partial charge is 0.417 e. The van der Waals surface area contributed by atoms with Crippen LogP contribution in [0.2, 0.25) is 5.02 Å². The molecule has 3 atom stereocenters. The molecule has 1 aromatic heterocycles. The van der Waals surface area contributed by atoms with Crippen LogP contribution in [-0.4, -0.2) is 78.5 Å². The van der Waals surface area contributed by atoms with Gasteiger partial charge in [0.1, 0.15) is 23.5 Å². The molecule has 8 nitrogen and oxygen atoms in total. The second-order valence-corrected chi connectivity index (χ2v) is 9.85. The van der Waals surface area contributed by atoms with Crippen LogP contribution in [0, 0.1) is 18.3 Å². The average Bonchev–Trinajstić information content (AvgIpc) is 3.33. The minimum absolute atomic E-state index is 0.0925. The fraction of sp³-hybridized carbons (Fsp3) is 0.500. The van der Waals surface area contributed by atoms with Gasteiger partial charge in [-0.2, -0.15) is 18.4 Å². The molecule has 38 heavy (non-hydrogen) atoms. The van der Waals surface area contributed by atoms with Crippen molar-refractivity contribution in [3.8, 4) is 6.07 Å². The van der Waals surface area contributed by atoms with E-state index in [2.05, 4.69) is 9.88 Å². The second-order valence-electron chi connectivity index (χ2n) is 9.41. The van der Waals surface area contributed by atoms with Crippen LogP contribution >= 0.6 is 11.6 Å². The molecule has 4 rings (SSSR count). The third-order valence-electron chi connectivity index (χ3n) is 6.97. The molecule has 2 aliphatic rings. The van der Waals surface area contributed by atoms with E-state index in [1.807, 2.05) is 0 Å². The molecule has 1 N–H and O–H groups in total. The Morgan fingerprint density at radius 2 is 2.11 bits per heavy atom. The molecular weight excluding hydrogens is 523 g/mol. The number of alkyl halides is 3. The summed E-state index contributed by atoms with van der Waals surface area (Å²) in [4.78, 5) is 23.5. The summed E-state index contributed by atoms with van der Waals surface area (Å²) in [5.74, 6) is -0.486. The lowest BCUT2D eigenvalue weighted by Crippen LogP contribution is -2.49. The van der Waals surface area contributed by atoms with Crippen molar-refractivity contribution >= 4 is 29.0 Å². The van der Waals surface area contributed by atoms with Gasteiger partial charge in [0.2, 0.25) is 5.91 Å². The Hall–Kier alpha value is -2.91. The van der Waals surface area contributed by atoms with Gasteiger partial charge in [0.15, 0.2) is 0 Å². The monoisotopic (exact) mass is 551 g/mol. The van der Waals surface area contributed by atoms with Gasteiger partial charge in [0.05, 0.1) is 24.9 Å². The lowest BCUT2D eigenvalue weighted by molar-refractivity contribution is -0.137. The lowest BCUT2D eigenvalue weighted by Gasteiger charge is -2.36. The number of benzene rings is 1. The van der Waals surface area contributed by atoms with Gasteiger partial charge in [-0.25, -0.2) is 4.98 Å². The molecule has 0 radical (unpaired) electrons. The van der Waals surface area contributed by atoms with Gasteiger partial charge >= 0.3 is 6.18 Å². The van der Waals surface area contributed by atoms with Crippen molar-refractivity contribution in [2.45, 2.75) is 44.6 Å². The first-order valence-electron chi connectivity index (χ1n) is 12.4. The number of amides is 1. The molecule has 3 heterocycles. The number of anilines is 2. The molecule has 204 valence electrons. The smallest absolute Gasteiger partial charge is 0.394 e. The minimum atomic E-state index is -4.76. The number of likely N-dealkylation sites (N-methyl/N-ethyl adjacent to an activating group) is 1. The second kappa shape index (κ2) is 11.5. The Balaban J connectivity index is 1.78. The van der Waals surface area contributed by atoms with Crippen LogP contribution in [0.1, 0.15) is 30.2 Å². The summed E-state index contributed by atoms with van der Waals surface area (Å²) in [7, 11) is 0. The van der Waals surface area contributed by atoms with E-state index in [1.165, 1.54) is 16.7 Å². The number of carbonyl (C=O) groups is 1. The number of halogens is 4. The summed E-state index contributed by atoms with van der Waals surface area (Å²) < 4.78 is 47.3.